The van der Waals surface area contributed by atoms with E-state index in [2.05, 4.69) is 0 Å². The Labute approximate surface area is 94.4 Å². The summed E-state index contributed by atoms with van der Waals surface area (Å²) in [4.78, 5) is 0. The molecule has 3 nitrogen and oxygen atoms in total. The minimum atomic E-state index is -0.407. The molecule has 0 aliphatic carbocycles. The molecule has 0 amide bonds. The highest BCUT2D eigenvalue weighted by molar-refractivity contribution is 5.32. The topological polar surface area (TPSA) is 42.2 Å². The molecule has 0 atom stereocenters. The van der Waals surface area contributed by atoms with E-state index in [0.29, 0.717) is 30.9 Å². The molecule has 0 radical (unpaired) electrons. The first-order valence-electron chi connectivity index (χ1n) is 5.12. The van der Waals surface area contributed by atoms with Crippen LogP contribution in [0.1, 0.15) is 18.1 Å². The lowest BCUT2D eigenvalue weighted by Gasteiger charge is -2.05. The van der Waals surface area contributed by atoms with Gasteiger partial charge in [-0.05, 0) is 19.1 Å². The first-order chi connectivity index (χ1) is 7.77. The largest absolute Gasteiger partial charge is 0.379 e. The third-order valence-corrected chi connectivity index (χ3v) is 2.02. The van der Waals surface area contributed by atoms with Crippen molar-refractivity contribution < 1.29 is 13.9 Å². The lowest BCUT2D eigenvalue weighted by Crippen LogP contribution is -2.04. The molecule has 1 aromatic carbocycles. The molecule has 0 saturated carbocycles. The number of nitrogens with zero attached hydrogens (tertiary/aromatic N) is 1. The molecule has 0 bridgehead atoms. The van der Waals surface area contributed by atoms with Crippen molar-refractivity contribution in [2.75, 3.05) is 19.8 Å². The SMILES string of the molecule is CCOCCOCc1ccc(C#N)cc1F. The summed E-state index contributed by atoms with van der Waals surface area (Å²) in [6.45, 7) is 3.70. The van der Waals surface area contributed by atoms with Crippen LogP contribution in [0.4, 0.5) is 4.39 Å². The summed E-state index contributed by atoms with van der Waals surface area (Å²) in [5.74, 6) is -0.407. The van der Waals surface area contributed by atoms with Crippen LogP contribution in [0.15, 0.2) is 18.2 Å². The van der Waals surface area contributed by atoms with Crippen LogP contribution in [-0.2, 0) is 16.1 Å². The van der Waals surface area contributed by atoms with Crippen LogP contribution in [0.25, 0.3) is 0 Å². The zero-order valence-electron chi connectivity index (χ0n) is 9.20. The van der Waals surface area contributed by atoms with Crippen molar-refractivity contribution in [1.29, 1.82) is 5.26 Å². The number of halogens is 1. The summed E-state index contributed by atoms with van der Waals surface area (Å²) >= 11 is 0. The van der Waals surface area contributed by atoms with Gasteiger partial charge in [0.25, 0.3) is 0 Å². The number of benzene rings is 1. The van der Waals surface area contributed by atoms with Crippen LogP contribution in [0, 0.1) is 17.1 Å². The molecule has 0 heterocycles. The Morgan fingerprint density at radius 3 is 2.69 bits per heavy atom. The highest BCUT2D eigenvalue weighted by Crippen LogP contribution is 2.10. The smallest absolute Gasteiger partial charge is 0.130 e. The first-order valence-corrected chi connectivity index (χ1v) is 5.12. The van der Waals surface area contributed by atoms with Gasteiger partial charge in [0.1, 0.15) is 5.82 Å². The Balaban J connectivity index is 2.40. The minimum absolute atomic E-state index is 0.199. The molecule has 0 N–H and O–H groups in total. The summed E-state index contributed by atoms with van der Waals surface area (Å²) in [7, 11) is 0. The molecule has 0 aliphatic rings. The van der Waals surface area contributed by atoms with Gasteiger partial charge in [0.15, 0.2) is 0 Å². The van der Waals surface area contributed by atoms with Gasteiger partial charge in [-0.3, -0.25) is 0 Å². The second kappa shape index (κ2) is 6.94. The summed E-state index contributed by atoms with van der Waals surface area (Å²) in [6, 6.07) is 6.23. The monoisotopic (exact) mass is 223 g/mol. The molecule has 0 aromatic heterocycles. The van der Waals surface area contributed by atoms with E-state index >= 15 is 0 Å². The zero-order valence-corrected chi connectivity index (χ0v) is 9.20. The normalized spacial score (nSPS) is 10.1. The summed E-state index contributed by atoms with van der Waals surface area (Å²) < 4.78 is 23.7. The van der Waals surface area contributed by atoms with E-state index in [0.717, 1.165) is 0 Å². The summed E-state index contributed by atoms with van der Waals surface area (Å²) in [5, 5.41) is 8.56. The Kier molecular flexibility index (Phi) is 5.48. The Hall–Kier alpha value is -1.44. The molecule has 0 spiro atoms. The predicted molar refractivity (Wildman–Crippen MR) is 57.3 cm³/mol. The van der Waals surface area contributed by atoms with E-state index in [4.69, 9.17) is 14.7 Å². The molecular weight excluding hydrogens is 209 g/mol. The quantitative estimate of drug-likeness (QED) is 0.694. The highest BCUT2D eigenvalue weighted by Gasteiger charge is 2.03. The van der Waals surface area contributed by atoms with Crippen molar-refractivity contribution in [3.63, 3.8) is 0 Å². The fourth-order valence-electron chi connectivity index (χ4n) is 1.18. The lowest BCUT2D eigenvalue weighted by molar-refractivity contribution is 0.0443. The maximum absolute atomic E-state index is 13.4. The van der Waals surface area contributed by atoms with Gasteiger partial charge in [-0.1, -0.05) is 6.07 Å². The zero-order chi connectivity index (χ0) is 11.8. The fraction of sp³-hybridized carbons (Fsp3) is 0.417. The molecule has 16 heavy (non-hydrogen) atoms. The van der Waals surface area contributed by atoms with E-state index in [9.17, 15) is 4.39 Å². The fourth-order valence-corrected chi connectivity index (χ4v) is 1.18. The molecule has 1 rings (SSSR count). The van der Waals surface area contributed by atoms with Crippen LogP contribution in [0.2, 0.25) is 0 Å². The van der Waals surface area contributed by atoms with Crippen LogP contribution in [-0.4, -0.2) is 19.8 Å². The summed E-state index contributed by atoms with van der Waals surface area (Å²) in [5.41, 5.74) is 0.770. The van der Waals surface area contributed by atoms with Crippen molar-refractivity contribution in [1.82, 2.24) is 0 Å². The van der Waals surface area contributed by atoms with Crippen molar-refractivity contribution >= 4 is 0 Å². The number of ether oxygens (including phenoxy) is 2. The van der Waals surface area contributed by atoms with Crippen molar-refractivity contribution in [3.8, 4) is 6.07 Å². The van der Waals surface area contributed by atoms with E-state index in [-0.39, 0.29) is 6.61 Å². The third kappa shape index (κ3) is 3.97. The Morgan fingerprint density at radius 1 is 1.31 bits per heavy atom. The Morgan fingerprint density at radius 2 is 2.06 bits per heavy atom. The van der Waals surface area contributed by atoms with Gasteiger partial charge in [0.05, 0.1) is 31.5 Å². The van der Waals surface area contributed by atoms with Crippen molar-refractivity contribution in [2.45, 2.75) is 13.5 Å². The second-order valence-electron chi connectivity index (χ2n) is 3.17. The minimum Gasteiger partial charge on any atom is -0.379 e. The molecule has 1 aromatic rings. The number of rotatable bonds is 6. The molecule has 0 fully saturated rings. The van der Waals surface area contributed by atoms with E-state index in [1.165, 1.54) is 6.07 Å². The van der Waals surface area contributed by atoms with Crippen molar-refractivity contribution in [2.24, 2.45) is 0 Å². The van der Waals surface area contributed by atoms with Crippen LogP contribution >= 0.6 is 0 Å². The standard InChI is InChI=1S/C12H14FNO2/c1-2-15-5-6-16-9-11-4-3-10(8-14)7-12(11)13/h3-4,7H,2,5-6,9H2,1H3. The van der Waals surface area contributed by atoms with E-state index in [1.807, 2.05) is 13.0 Å². The average molecular weight is 223 g/mol. The predicted octanol–water partition coefficient (Wildman–Crippen LogP) is 2.25. The van der Waals surface area contributed by atoms with Crippen LogP contribution in [0.3, 0.4) is 0 Å². The maximum atomic E-state index is 13.4. The van der Waals surface area contributed by atoms with Gasteiger partial charge in [-0.2, -0.15) is 5.26 Å². The molecule has 4 heteroatoms. The number of nitriles is 1. The van der Waals surface area contributed by atoms with Gasteiger partial charge in [0.2, 0.25) is 0 Å². The molecule has 0 saturated heterocycles. The number of hydrogen-bond acceptors (Lipinski definition) is 3. The first kappa shape index (κ1) is 12.6. The molecule has 0 unspecified atom stereocenters. The van der Waals surface area contributed by atoms with Gasteiger partial charge in [-0.25, -0.2) is 4.39 Å². The maximum Gasteiger partial charge on any atom is 0.130 e. The van der Waals surface area contributed by atoms with Gasteiger partial charge < -0.3 is 9.47 Å². The highest BCUT2D eigenvalue weighted by atomic mass is 19.1. The van der Waals surface area contributed by atoms with Crippen molar-refractivity contribution in [3.05, 3.63) is 35.1 Å². The number of hydrogen-bond donors (Lipinski definition) is 0. The van der Waals surface area contributed by atoms with Crippen LogP contribution in [0.5, 0.6) is 0 Å². The lowest BCUT2D eigenvalue weighted by atomic mass is 10.1. The third-order valence-electron chi connectivity index (χ3n) is 2.02. The second-order valence-corrected chi connectivity index (χ2v) is 3.17. The van der Waals surface area contributed by atoms with Gasteiger partial charge >= 0.3 is 0 Å². The summed E-state index contributed by atoms with van der Waals surface area (Å²) in [6.07, 6.45) is 0. The Bertz CT molecular complexity index is 374. The average Bonchev–Trinajstić information content (AvgIpc) is 2.30. The van der Waals surface area contributed by atoms with E-state index in [1.54, 1.807) is 12.1 Å². The molecule has 0 aliphatic heterocycles. The van der Waals surface area contributed by atoms with Gasteiger partial charge in [0, 0.05) is 12.2 Å². The molecule has 86 valence electrons. The van der Waals surface area contributed by atoms with E-state index < -0.39 is 5.82 Å². The van der Waals surface area contributed by atoms with Gasteiger partial charge in [-0.15, -0.1) is 0 Å². The van der Waals surface area contributed by atoms with Crippen LogP contribution < -0.4 is 0 Å². The molecular formula is C12H14FNO2.